The lowest BCUT2D eigenvalue weighted by atomic mass is 10.0. The number of hydrogen-bond donors (Lipinski definition) is 1. The first-order chi connectivity index (χ1) is 19.6. The Morgan fingerprint density at radius 2 is 0.900 bits per heavy atom. The Bertz CT molecular complexity index is 571. The van der Waals surface area contributed by atoms with E-state index >= 15 is 0 Å². The number of ether oxygens (including phenoxy) is 1. The maximum atomic E-state index is 12.5. The molecule has 0 aromatic rings. The number of carbonyl (C=O) groups excluding carboxylic acids is 1. The number of allylic oxidation sites excluding steroid dienone is 2. The Morgan fingerprint density at radius 3 is 1.38 bits per heavy atom. The highest BCUT2D eigenvalue weighted by Crippen LogP contribution is 2.18. The van der Waals surface area contributed by atoms with Gasteiger partial charge in [0.05, 0.1) is 0 Å². The topological polar surface area (TPSA) is 63.6 Å². The summed E-state index contributed by atoms with van der Waals surface area (Å²) in [4.78, 5) is 23.1. The average molecular weight is 565 g/mol. The van der Waals surface area contributed by atoms with Crippen LogP contribution in [0, 0.1) is 0 Å². The van der Waals surface area contributed by atoms with Crippen LogP contribution in [0.25, 0.3) is 0 Å². The standard InChI is InChI=1S/C36H68O4/c1-3-5-7-9-10-11-12-13-14-15-16-17-22-25-29-33-36(39)40-34(30-26-8-6-4-2)31-27-23-20-18-19-21-24-28-32-35(37)38/h13-14,34H,3-12,15-33H2,1-2H3,(H,37,38)/b14-13-/t34-/m1/s1. The van der Waals surface area contributed by atoms with Gasteiger partial charge in [-0.1, -0.05) is 135 Å². The summed E-state index contributed by atoms with van der Waals surface area (Å²) in [5, 5.41) is 8.70. The number of carbonyl (C=O) groups is 2. The van der Waals surface area contributed by atoms with E-state index < -0.39 is 5.97 Å². The third kappa shape index (κ3) is 31.2. The fraction of sp³-hybridized carbons (Fsp3) is 0.889. The van der Waals surface area contributed by atoms with Gasteiger partial charge in [-0.3, -0.25) is 9.59 Å². The molecule has 4 nitrogen and oxygen atoms in total. The van der Waals surface area contributed by atoms with Crippen molar-refractivity contribution < 1.29 is 19.4 Å². The smallest absolute Gasteiger partial charge is 0.306 e. The molecule has 0 aliphatic heterocycles. The predicted octanol–water partition coefficient (Wildman–Crippen LogP) is 11.9. The molecule has 0 heterocycles. The van der Waals surface area contributed by atoms with E-state index in [0.717, 1.165) is 57.8 Å². The number of hydrogen-bond acceptors (Lipinski definition) is 3. The first kappa shape index (κ1) is 38.7. The zero-order valence-electron chi connectivity index (χ0n) is 26.9. The molecule has 0 aliphatic carbocycles. The van der Waals surface area contributed by atoms with Gasteiger partial charge in [0.2, 0.25) is 0 Å². The van der Waals surface area contributed by atoms with Crippen LogP contribution in [0.4, 0.5) is 0 Å². The van der Waals surface area contributed by atoms with E-state index in [4.69, 9.17) is 9.84 Å². The fourth-order valence-corrected chi connectivity index (χ4v) is 5.35. The van der Waals surface area contributed by atoms with Crippen molar-refractivity contribution in [2.45, 2.75) is 206 Å². The second kappa shape index (κ2) is 32.2. The van der Waals surface area contributed by atoms with Crippen molar-refractivity contribution in [2.75, 3.05) is 0 Å². The Labute approximate surface area is 249 Å². The normalized spacial score (nSPS) is 12.2. The van der Waals surface area contributed by atoms with E-state index in [2.05, 4.69) is 26.0 Å². The molecule has 0 fully saturated rings. The van der Waals surface area contributed by atoms with E-state index in [1.54, 1.807) is 0 Å². The van der Waals surface area contributed by atoms with Crippen LogP contribution in [0.1, 0.15) is 200 Å². The van der Waals surface area contributed by atoms with Gasteiger partial charge in [-0.05, 0) is 64.2 Å². The molecule has 0 aromatic heterocycles. The molecule has 0 unspecified atom stereocenters. The summed E-state index contributed by atoms with van der Waals surface area (Å²) in [6.07, 6.45) is 38.1. The molecule has 40 heavy (non-hydrogen) atoms. The quantitative estimate of drug-likeness (QED) is 0.0501. The molecule has 0 saturated heterocycles. The maximum absolute atomic E-state index is 12.5. The minimum atomic E-state index is -0.683. The Kier molecular flexibility index (Phi) is 31.1. The van der Waals surface area contributed by atoms with Gasteiger partial charge in [0, 0.05) is 12.8 Å². The molecule has 0 radical (unpaired) electrons. The third-order valence-electron chi connectivity index (χ3n) is 7.99. The molecule has 1 atom stereocenters. The van der Waals surface area contributed by atoms with E-state index in [0.29, 0.717) is 12.8 Å². The highest BCUT2D eigenvalue weighted by atomic mass is 16.5. The van der Waals surface area contributed by atoms with Gasteiger partial charge in [0.1, 0.15) is 6.10 Å². The number of rotatable bonds is 32. The summed E-state index contributed by atoms with van der Waals surface area (Å²) in [7, 11) is 0. The fourth-order valence-electron chi connectivity index (χ4n) is 5.35. The van der Waals surface area contributed by atoms with E-state index in [-0.39, 0.29) is 12.1 Å². The molecule has 0 amide bonds. The van der Waals surface area contributed by atoms with Crippen LogP contribution >= 0.6 is 0 Å². The van der Waals surface area contributed by atoms with E-state index in [1.165, 1.54) is 116 Å². The molecular formula is C36H68O4. The Hall–Kier alpha value is -1.32. The zero-order chi connectivity index (χ0) is 29.4. The molecule has 236 valence electrons. The molecule has 1 N–H and O–H groups in total. The van der Waals surface area contributed by atoms with E-state index in [1.807, 2.05) is 0 Å². The third-order valence-corrected chi connectivity index (χ3v) is 7.99. The summed E-state index contributed by atoms with van der Waals surface area (Å²) >= 11 is 0. The summed E-state index contributed by atoms with van der Waals surface area (Å²) in [5.41, 5.74) is 0. The highest BCUT2D eigenvalue weighted by molar-refractivity contribution is 5.69. The summed E-state index contributed by atoms with van der Waals surface area (Å²) < 4.78 is 5.95. The number of carboxylic acid groups (broad SMARTS) is 1. The van der Waals surface area contributed by atoms with Gasteiger partial charge in [0.15, 0.2) is 0 Å². The van der Waals surface area contributed by atoms with Gasteiger partial charge in [-0.2, -0.15) is 0 Å². The van der Waals surface area contributed by atoms with Crippen molar-refractivity contribution in [1.82, 2.24) is 0 Å². The second-order valence-electron chi connectivity index (χ2n) is 12.1. The van der Waals surface area contributed by atoms with Gasteiger partial charge in [-0.25, -0.2) is 0 Å². The molecule has 4 heteroatoms. The molecule has 0 saturated carbocycles. The molecule has 0 rings (SSSR count). The summed E-state index contributed by atoms with van der Waals surface area (Å²) in [5.74, 6) is -0.669. The molecular weight excluding hydrogens is 496 g/mol. The minimum Gasteiger partial charge on any atom is -0.481 e. The van der Waals surface area contributed by atoms with E-state index in [9.17, 15) is 9.59 Å². The first-order valence-electron chi connectivity index (χ1n) is 17.7. The first-order valence-corrected chi connectivity index (χ1v) is 17.7. The van der Waals surface area contributed by atoms with Crippen molar-refractivity contribution in [3.63, 3.8) is 0 Å². The van der Waals surface area contributed by atoms with Crippen LogP contribution < -0.4 is 0 Å². The van der Waals surface area contributed by atoms with Crippen molar-refractivity contribution in [3.8, 4) is 0 Å². The minimum absolute atomic E-state index is 0.0134. The molecule has 0 aromatic carbocycles. The molecule has 0 bridgehead atoms. The van der Waals surface area contributed by atoms with Crippen LogP contribution in [-0.2, 0) is 14.3 Å². The lowest BCUT2D eigenvalue weighted by Gasteiger charge is -2.18. The average Bonchev–Trinajstić information content (AvgIpc) is 2.93. The van der Waals surface area contributed by atoms with Gasteiger partial charge < -0.3 is 9.84 Å². The van der Waals surface area contributed by atoms with Crippen LogP contribution in [0.15, 0.2) is 12.2 Å². The Morgan fingerprint density at radius 1 is 0.525 bits per heavy atom. The second-order valence-corrected chi connectivity index (χ2v) is 12.1. The predicted molar refractivity (Wildman–Crippen MR) is 172 cm³/mol. The largest absolute Gasteiger partial charge is 0.481 e. The number of unbranched alkanes of at least 4 members (excludes halogenated alkanes) is 21. The van der Waals surface area contributed by atoms with Crippen LogP contribution in [0.5, 0.6) is 0 Å². The van der Waals surface area contributed by atoms with Crippen LogP contribution in [-0.4, -0.2) is 23.1 Å². The van der Waals surface area contributed by atoms with Crippen LogP contribution in [0.3, 0.4) is 0 Å². The zero-order valence-corrected chi connectivity index (χ0v) is 26.9. The van der Waals surface area contributed by atoms with Crippen molar-refractivity contribution in [2.24, 2.45) is 0 Å². The lowest BCUT2D eigenvalue weighted by Crippen LogP contribution is -2.18. The number of esters is 1. The number of carboxylic acids is 1. The monoisotopic (exact) mass is 565 g/mol. The van der Waals surface area contributed by atoms with Crippen molar-refractivity contribution in [1.29, 1.82) is 0 Å². The van der Waals surface area contributed by atoms with Gasteiger partial charge >= 0.3 is 11.9 Å². The van der Waals surface area contributed by atoms with Crippen molar-refractivity contribution >= 4 is 11.9 Å². The summed E-state index contributed by atoms with van der Waals surface area (Å²) in [6.45, 7) is 4.51. The number of aliphatic carboxylic acids is 1. The highest BCUT2D eigenvalue weighted by Gasteiger charge is 2.14. The summed E-state index contributed by atoms with van der Waals surface area (Å²) in [6, 6.07) is 0. The Balaban J connectivity index is 3.83. The molecule has 0 aliphatic rings. The van der Waals surface area contributed by atoms with Crippen LogP contribution in [0.2, 0.25) is 0 Å². The van der Waals surface area contributed by atoms with Gasteiger partial charge in [0.25, 0.3) is 0 Å². The van der Waals surface area contributed by atoms with Gasteiger partial charge in [-0.15, -0.1) is 0 Å². The SMILES string of the molecule is CCCCCCCC/C=C\CCCCCCCC(=O)O[C@H](CCCCCC)CCCCCCCCCCC(=O)O. The van der Waals surface area contributed by atoms with Crippen molar-refractivity contribution in [3.05, 3.63) is 12.2 Å². The molecule has 0 spiro atoms. The maximum Gasteiger partial charge on any atom is 0.306 e. The lowest BCUT2D eigenvalue weighted by molar-refractivity contribution is -0.150.